The minimum absolute atomic E-state index is 0.0524. The maximum Gasteiger partial charge on any atom is 0.313 e. The molecule has 0 aliphatic carbocycles. The van der Waals surface area contributed by atoms with Gasteiger partial charge in [-0.1, -0.05) is 36.7 Å². The van der Waals surface area contributed by atoms with Crippen LogP contribution in [0.25, 0.3) is 11.0 Å². The van der Waals surface area contributed by atoms with E-state index in [4.69, 9.17) is 75.1 Å². The van der Waals surface area contributed by atoms with Crippen LogP contribution in [0.5, 0.6) is 5.75 Å². The molecule has 2 N–H and O–H groups in total. The molecule has 0 radical (unpaired) electrons. The van der Waals surface area contributed by atoms with Gasteiger partial charge in [-0.25, -0.2) is 27.8 Å². The third kappa shape index (κ3) is 19.7. The molecular formula is C47H64ClF3N8O11. The molecule has 0 bridgehead atoms. The van der Waals surface area contributed by atoms with E-state index in [2.05, 4.69) is 26.7 Å². The molecule has 1 fully saturated rings. The molecule has 5 rings (SSSR count). The van der Waals surface area contributed by atoms with Crippen molar-refractivity contribution in [2.24, 2.45) is 15.9 Å². The molecule has 0 amide bonds. The summed E-state index contributed by atoms with van der Waals surface area (Å²) in [5.41, 5.74) is 2.19. The highest BCUT2D eigenvalue weighted by atomic mass is 35.5. The largest absolute Gasteiger partial charge is 0.420 e. The Hall–Kier alpha value is -4.88. The predicted molar refractivity (Wildman–Crippen MR) is 254 cm³/mol. The number of anilines is 1. The summed E-state index contributed by atoms with van der Waals surface area (Å²) in [5, 5.41) is 9.93. The van der Waals surface area contributed by atoms with E-state index in [-0.39, 0.29) is 45.2 Å². The minimum Gasteiger partial charge on any atom is -0.420 e. The molecule has 1 aliphatic heterocycles. The van der Waals surface area contributed by atoms with Crippen LogP contribution in [-0.4, -0.2) is 163 Å². The van der Waals surface area contributed by atoms with Crippen LogP contribution in [-0.2, 0) is 54.0 Å². The van der Waals surface area contributed by atoms with Crippen molar-refractivity contribution in [3.05, 3.63) is 76.5 Å². The van der Waals surface area contributed by atoms with Crippen LogP contribution < -0.4 is 15.5 Å². The number of fused-ring (bicyclic) bond motifs is 1. The number of hydrogen-bond donors (Lipinski definition) is 1. The summed E-state index contributed by atoms with van der Waals surface area (Å²) in [7, 11) is 0. The SMILES string of the molecule is CCC1CCC(n2ncc3c(N(CCOCCOCCOCCOC/C(C=NCCOCCOCCOCCOCCC(=O)Oc4c(F)cc(F)cc4F)=N/N)Cc4ccccc4Cl)nc(C)nc32)O1. The topological polar surface area (TPSA) is 207 Å². The first-order valence-corrected chi connectivity index (χ1v) is 23.6. The van der Waals surface area contributed by atoms with Crippen molar-refractivity contribution in [2.75, 3.05) is 124 Å². The van der Waals surface area contributed by atoms with Gasteiger partial charge in [0.1, 0.15) is 23.2 Å². The first-order valence-electron chi connectivity index (χ1n) is 23.3. The molecule has 23 heteroatoms. The van der Waals surface area contributed by atoms with Crippen molar-refractivity contribution >= 4 is 46.3 Å². The maximum atomic E-state index is 13.6. The zero-order valence-corrected chi connectivity index (χ0v) is 40.5. The zero-order chi connectivity index (χ0) is 49.8. The fourth-order valence-corrected chi connectivity index (χ4v) is 7.04. The number of nitrogens with two attached hydrogens (primary N) is 1. The third-order valence-corrected chi connectivity index (χ3v) is 10.7. The molecule has 2 aromatic carbocycles. The van der Waals surface area contributed by atoms with E-state index in [1.807, 2.05) is 42.1 Å². The first-order chi connectivity index (χ1) is 34.2. The summed E-state index contributed by atoms with van der Waals surface area (Å²) in [4.78, 5) is 27.8. The van der Waals surface area contributed by atoms with Crippen molar-refractivity contribution in [2.45, 2.75) is 58.4 Å². The lowest BCUT2D eigenvalue weighted by molar-refractivity contribution is -0.136. The molecule has 386 valence electrons. The number of halogens is 4. The highest BCUT2D eigenvalue weighted by Gasteiger charge is 2.29. The number of carbonyl (C=O) groups is 1. The second-order valence-electron chi connectivity index (χ2n) is 15.5. The maximum absolute atomic E-state index is 13.6. The van der Waals surface area contributed by atoms with Gasteiger partial charge in [0.2, 0.25) is 5.75 Å². The fourth-order valence-electron chi connectivity index (χ4n) is 6.84. The number of aromatic nitrogens is 4. The quantitative estimate of drug-likeness (QED) is 0.0142. The van der Waals surface area contributed by atoms with Crippen LogP contribution >= 0.6 is 11.6 Å². The van der Waals surface area contributed by atoms with Crippen molar-refractivity contribution in [1.29, 1.82) is 0 Å². The Balaban J connectivity index is 0.824. The number of rotatable bonds is 36. The Kier molecular flexibility index (Phi) is 25.7. The molecule has 70 heavy (non-hydrogen) atoms. The summed E-state index contributed by atoms with van der Waals surface area (Å²) in [6, 6.07) is 8.62. The zero-order valence-electron chi connectivity index (χ0n) is 39.7. The first kappa shape index (κ1) is 56.0. The lowest BCUT2D eigenvalue weighted by atomic mass is 10.2. The van der Waals surface area contributed by atoms with Gasteiger partial charge in [-0.2, -0.15) is 10.2 Å². The third-order valence-electron chi connectivity index (χ3n) is 10.4. The summed E-state index contributed by atoms with van der Waals surface area (Å²) < 4.78 is 97.3. The van der Waals surface area contributed by atoms with Crippen LogP contribution in [0, 0.1) is 24.4 Å². The van der Waals surface area contributed by atoms with Gasteiger partial charge < -0.3 is 58.1 Å². The van der Waals surface area contributed by atoms with Crippen molar-refractivity contribution in [1.82, 2.24) is 19.7 Å². The Morgan fingerprint density at radius 3 is 2.06 bits per heavy atom. The number of aliphatic imine (C=N–C) groups is 1. The van der Waals surface area contributed by atoms with Gasteiger partial charge in [0, 0.05) is 36.5 Å². The van der Waals surface area contributed by atoms with E-state index in [1.165, 1.54) is 6.21 Å². The molecule has 3 heterocycles. The van der Waals surface area contributed by atoms with Crippen LogP contribution in [0.3, 0.4) is 0 Å². The van der Waals surface area contributed by atoms with E-state index in [0.717, 1.165) is 41.7 Å². The average molecular weight is 1010 g/mol. The molecule has 1 aliphatic rings. The summed E-state index contributed by atoms with van der Waals surface area (Å²) in [6.45, 7) is 10.5. The Bertz CT molecular complexity index is 2210. The molecule has 1 saturated heterocycles. The average Bonchev–Trinajstić information content (AvgIpc) is 4.00. The number of aryl methyl sites for hydroxylation is 1. The highest BCUT2D eigenvalue weighted by Crippen LogP contribution is 2.34. The van der Waals surface area contributed by atoms with Gasteiger partial charge in [-0.3, -0.25) is 9.79 Å². The van der Waals surface area contributed by atoms with Gasteiger partial charge in [-0.05, 0) is 37.8 Å². The molecule has 2 unspecified atom stereocenters. The number of hydrazone groups is 1. The van der Waals surface area contributed by atoms with E-state index < -0.39 is 29.2 Å². The molecule has 0 spiro atoms. The Morgan fingerprint density at radius 1 is 0.843 bits per heavy atom. The molecule has 2 aromatic heterocycles. The summed E-state index contributed by atoms with van der Waals surface area (Å²) in [5.74, 6) is 1.27. The van der Waals surface area contributed by atoms with Crippen LogP contribution in [0.1, 0.15) is 50.2 Å². The number of carbonyl (C=O) groups excluding carboxylic acids is 1. The normalized spacial score (nSPS) is 15.2. The molecule has 0 saturated carbocycles. The van der Waals surface area contributed by atoms with Crippen molar-refractivity contribution in [3.63, 3.8) is 0 Å². The lowest BCUT2D eigenvalue weighted by Gasteiger charge is -2.25. The smallest absolute Gasteiger partial charge is 0.313 e. The monoisotopic (exact) mass is 1010 g/mol. The molecule has 19 nitrogen and oxygen atoms in total. The van der Waals surface area contributed by atoms with Gasteiger partial charge in [-0.15, -0.1) is 0 Å². The Labute approximate surface area is 410 Å². The standard InChI is InChI=1S/C47H64ClF3N8O11/c1-3-38-8-9-43(69-38)59-47-39(31-54-59)46(55-34(2)56-47)58(32-35-6-4-5-7-40(35)48)12-15-63-18-21-66-24-25-67-26-27-68-33-37(57-52)30-53-11-14-62-17-20-65-23-22-64-19-16-61-13-10-44(60)70-45-41(50)28-36(49)29-42(45)51/h4-7,28-31,38,43H,3,8-27,32-33,52H2,1-2H3/b53-30?,57-37+. The van der Waals surface area contributed by atoms with Crippen LogP contribution in [0.4, 0.5) is 19.0 Å². The Morgan fingerprint density at radius 2 is 1.44 bits per heavy atom. The number of ether oxygens (including phenoxy) is 10. The van der Waals surface area contributed by atoms with E-state index in [9.17, 15) is 18.0 Å². The summed E-state index contributed by atoms with van der Waals surface area (Å²) in [6.07, 6.45) is 6.01. The number of esters is 1. The van der Waals surface area contributed by atoms with Gasteiger partial charge in [0.05, 0.1) is 136 Å². The lowest BCUT2D eigenvalue weighted by Crippen LogP contribution is -2.29. The predicted octanol–water partition coefficient (Wildman–Crippen LogP) is 5.81. The second-order valence-corrected chi connectivity index (χ2v) is 16.0. The molecule has 2 atom stereocenters. The van der Waals surface area contributed by atoms with Gasteiger partial charge in [0.15, 0.2) is 23.5 Å². The highest BCUT2D eigenvalue weighted by molar-refractivity contribution is 6.31. The fraction of sp³-hybridized carbons (Fsp3) is 0.574. The molecule has 4 aromatic rings. The van der Waals surface area contributed by atoms with Crippen molar-refractivity contribution < 1.29 is 65.3 Å². The minimum atomic E-state index is -1.31. The van der Waals surface area contributed by atoms with Crippen LogP contribution in [0.15, 0.2) is 52.7 Å². The van der Waals surface area contributed by atoms with Crippen molar-refractivity contribution in [3.8, 4) is 5.75 Å². The van der Waals surface area contributed by atoms with E-state index >= 15 is 0 Å². The second kappa shape index (κ2) is 32.2. The van der Waals surface area contributed by atoms with E-state index in [1.54, 1.807) is 0 Å². The number of benzene rings is 2. The number of hydrogen-bond acceptors (Lipinski definition) is 18. The van der Waals surface area contributed by atoms with Gasteiger partial charge in [0.25, 0.3) is 0 Å². The molecular weight excluding hydrogens is 945 g/mol. The van der Waals surface area contributed by atoms with E-state index in [0.29, 0.717) is 128 Å². The van der Waals surface area contributed by atoms with Gasteiger partial charge >= 0.3 is 5.97 Å². The van der Waals surface area contributed by atoms with Crippen LogP contribution in [0.2, 0.25) is 5.02 Å². The number of nitrogens with zero attached hydrogens (tertiary/aromatic N) is 7. The summed E-state index contributed by atoms with van der Waals surface area (Å²) >= 11 is 6.60.